The Hall–Kier alpha value is 0.503. The fraction of sp³-hybridized carbons (Fsp3) is 0. The van der Waals surface area contributed by atoms with Crippen molar-refractivity contribution in [1.82, 2.24) is 0 Å². The zero-order valence-corrected chi connectivity index (χ0v) is 9.90. The Kier molecular flexibility index (Phi) is 8.98. The van der Waals surface area contributed by atoms with Crippen LogP contribution in [0.5, 0.6) is 0 Å². The molecule has 1 rings (SSSR count). The summed E-state index contributed by atoms with van der Waals surface area (Å²) in [6, 6.07) is 8.62. The molecule has 0 spiro atoms. The van der Waals surface area contributed by atoms with Crippen LogP contribution < -0.4 is 24.0 Å². The summed E-state index contributed by atoms with van der Waals surface area (Å²) < 4.78 is 11.9. The second-order valence-electron chi connectivity index (χ2n) is 1.21. The van der Waals surface area contributed by atoms with Crippen molar-refractivity contribution in [2.75, 3.05) is 0 Å². The minimum absolute atomic E-state index is 0. The first-order chi connectivity index (χ1) is 3.39. The van der Waals surface area contributed by atoms with E-state index < -0.39 is 0 Å². The minimum atomic E-state index is -0.303. The molecule has 3 heteroatoms. The van der Waals surface area contributed by atoms with Crippen LogP contribution in [0.25, 0.3) is 0 Å². The molecule has 0 N–H and O–H groups in total. The zero-order chi connectivity index (χ0) is 5.11. The summed E-state index contributed by atoms with van der Waals surface area (Å²) in [5.41, 5.74) is 0. The van der Waals surface area contributed by atoms with Gasteiger partial charge in [0.25, 0.3) is 0 Å². The Morgan fingerprint density at radius 2 is 2.00 bits per heavy atom. The molecule has 0 aliphatic carbocycles. The molecule has 0 saturated carbocycles. The third kappa shape index (κ3) is 4.97. The number of halogens is 2. The minimum Gasteiger partial charge on any atom is -1.00 e. The topological polar surface area (TPSA) is 0 Å². The van der Waals surface area contributed by atoms with Gasteiger partial charge in [0.15, 0.2) is 0 Å². The monoisotopic (exact) mass is 286 g/mol. The van der Waals surface area contributed by atoms with Crippen molar-refractivity contribution in [1.29, 1.82) is 0 Å². The van der Waals surface area contributed by atoms with Crippen LogP contribution in [0.2, 0.25) is 0 Å². The van der Waals surface area contributed by atoms with E-state index in [2.05, 4.69) is 6.07 Å². The van der Waals surface area contributed by atoms with Crippen LogP contribution in [0.1, 0.15) is 0 Å². The maximum atomic E-state index is 11.9. The molecule has 44 valence electrons. The first kappa shape index (κ1) is 12.2. The molecule has 0 unspecified atom stereocenters. The Bertz CT molecular complexity index is 143. The molecule has 0 amide bonds. The van der Waals surface area contributed by atoms with E-state index >= 15 is 0 Å². The van der Waals surface area contributed by atoms with Gasteiger partial charge in [-0.25, -0.2) is 4.39 Å². The van der Waals surface area contributed by atoms with Crippen LogP contribution in [-0.4, -0.2) is 0 Å². The van der Waals surface area contributed by atoms with Crippen molar-refractivity contribution in [3.05, 3.63) is 36.1 Å². The van der Waals surface area contributed by atoms with Gasteiger partial charge in [0, 0.05) is 5.82 Å². The van der Waals surface area contributed by atoms with Crippen LogP contribution in [0, 0.1) is 11.9 Å². The van der Waals surface area contributed by atoms with E-state index in [0.29, 0.717) is 0 Å². The predicted molar refractivity (Wildman–Crippen MR) is 25.2 cm³/mol. The van der Waals surface area contributed by atoms with Crippen molar-refractivity contribution in [3.63, 3.8) is 0 Å². The quantitative estimate of drug-likeness (QED) is 0.314. The summed E-state index contributed by atoms with van der Waals surface area (Å²) >= 11 is 0. The molecular weight excluding hydrogens is 283 g/mol. The molecular formula is C6H4FIZn. The van der Waals surface area contributed by atoms with Crippen molar-refractivity contribution < 1.29 is 47.8 Å². The number of benzene rings is 1. The van der Waals surface area contributed by atoms with E-state index in [-0.39, 0.29) is 49.3 Å². The molecule has 0 bridgehead atoms. The van der Waals surface area contributed by atoms with E-state index in [9.17, 15) is 4.39 Å². The molecule has 9 heavy (non-hydrogen) atoms. The van der Waals surface area contributed by atoms with Crippen LogP contribution >= 0.6 is 0 Å². The van der Waals surface area contributed by atoms with Crippen LogP contribution in [-0.2, 0) is 19.5 Å². The van der Waals surface area contributed by atoms with Crippen LogP contribution in [0.15, 0.2) is 24.3 Å². The number of hydrogen-bond donors (Lipinski definition) is 0. The summed E-state index contributed by atoms with van der Waals surface area (Å²) in [4.78, 5) is 0. The normalized spacial score (nSPS) is 6.78. The predicted octanol–water partition coefficient (Wildman–Crippen LogP) is -1.37. The third-order valence-corrected chi connectivity index (χ3v) is 0.671. The van der Waals surface area contributed by atoms with Gasteiger partial charge >= 0.3 is 19.5 Å². The van der Waals surface area contributed by atoms with Gasteiger partial charge in [0.1, 0.15) is 0 Å². The summed E-state index contributed by atoms with van der Waals surface area (Å²) in [5.74, 6) is -0.303. The first-order valence-corrected chi connectivity index (χ1v) is 2.02. The molecule has 0 aliphatic rings. The molecule has 1 aromatic carbocycles. The van der Waals surface area contributed by atoms with E-state index in [0.717, 1.165) is 0 Å². The molecule has 0 atom stereocenters. The third-order valence-electron chi connectivity index (χ3n) is 0.671. The SMILES string of the molecule is Fc1[c-]cccc1.[I-].[Zn+2]. The molecule has 0 aromatic heterocycles. The van der Waals surface area contributed by atoms with Crippen molar-refractivity contribution >= 4 is 0 Å². The Morgan fingerprint density at radius 1 is 1.33 bits per heavy atom. The average molecular weight is 287 g/mol. The maximum Gasteiger partial charge on any atom is 2.00 e. The standard InChI is InChI=1S/C6H4F.HI.Zn/c7-6-4-2-1-3-5-6;;/h1-4H;1H;/q-1;;+2/p-1. The first-order valence-electron chi connectivity index (χ1n) is 2.02. The Morgan fingerprint density at radius 3 is 2.22 bits per heavy atom. The van der Waals surface area contributed by atoms with Crippen molar-refractivity contribution in [2.24, 2.45) is 0 Å². The zero-order valence-electron chi connectivity index (χ0n) is 4.77. The van der Waals surface area contributed by atoms with Gasteiger partial charge in [-0.05, 0) is 0 Å². The van der Waals surface area contributed by atoms with E-state index in [4.69, 9.17) is 0 Å². The summed E-state index contributed by atoms with van der Waals surface area (Å²) in [6.45, 7) is 0. The van der Waals surface area contributed by atoms with Gasteiger partial charge in [-0.15, -0.1) is 12.1 Å². The van der Waals surface area contributed by atoms with Crippen molar-refractivity contribution in [2.45, 2.75) is 0 Å². The van der Waals surface area contributed by atoms with Gasteiger partial charge in [0.2, 0.25) is 0 Å². The van der Waals surface area contributed by atoms with E-state index in [1.807, 2.05) is 0 Å². The van der Waals surface area contributed by atoms with Gasteiger partial charge < -0.3 is 24.0 Å². The van der Waals surface area contributed by atoms with Crippen LogP contribution in [0.3, 0.4) is 0 Å². The second kappa shape index (κ2) is 6.62. The summed E-state index contributed by atoms with van der Waals surface area (Å²) in [7, 11) is 0. The maximum absolute atomic E-state index is 11.9. The molecule has 0 heterocycles. The largest absolute Gasteiger partial charge is 2.00 e. The molecule has 0 aliphatic heterocycles. The second-order valence-corrected chi connectivity index (χ2v) is 1.21. The van der Waals surface area contributed by atoms with E-state index in [1.165, 1.54) is 12.1 Å². The fourth-order valence-electron chi connectivity index (χ4n) is 0.371. The van der Waals surface area contributed by atoms with Crippen molar-refractivity contribution in [3.8, 4) is 0 Å². The smallest absolute Gasteiger partial charge is 1.00 e. The molecule has 0 saturated heterocycles. The van der Waals surface area contributed by atoms with Gasteiger partial charge in [-0.1, -0.05) is 0 Å². The average Bonchev–Trinajstić information content (AvgIpc) is 1.69. The van der Waals surface area contributed by atoms with Gasteiger partial charge in [-0.2, -0.15) is 18.2 Å². The Balaban J connectivity index is 0. The molecule has 0 radical (unpaired) electrons. The van der Waals surface area contributed by atoms with Gasteiger partial charge in [0.05, 0.1) is 0 Å². The van der Waals surface area contributed by atoms with E-state index in [1.54, 1.807) is 12.1 Å². The van der Waals surface area contributed by atoms with Gasteiger partial charge in [-0.3, -0.25) is 0 Å². The molecule has 1 aromatic rings. The Labute approximate surface area is 83.6 Å². The molecule has 0 fully saturated rings. The number of hydrogen-bond acceptors (Lipinski definition) is 0. The summed E-state index contributed by atoms with van der Waals surface area (Å²) in [5, 5.41) is 0. The molecule has 0 nitrogen and oxygen atoms in total. The fourth-order valence-corrected chi connectivity index (χ4v) is 0.371. The summed E-state index contributed by atoms with van der Waals surface area (Å²) in [6.07, 6.45) is 0. The van der Waals surface area contributed by atoms with Crippen LogP contribution in [0.4, 0.5) is 4.39 Å². The number of rotatable bonds is 0.